The van der Waals surface area contributed by atoms with Crippen molar-refractivity contribution in [1.29, 1.82) is 0 Å². The van der Waals surface area contributed by atoms with Crippen molar-refractivity contribution < 1.29 is 154 Å². The zero-order valence-corrected chi connectivity index (χ0v) is 71.2. The lowest BCUT2D eigenvalue weighted by Crippen LogP contribution is -2.47. The minimum Gasteiger partial charge on any atom is -0.465 e. The molecule has 0 saturated heterocycles. The van der Waals surface area contributed by atoms with Crippen LogP contribution >= 0.6 is 0 Å². The third kappa shape index (κ3) is 62.6. The summed E-state index contributed by atoms with van der Waals surface area (Å²) in [6, 6.07) is 0. The first kappa shape index (κ1) is 161. The molecule has 18 nitrogen and oxygen atoms in total. The Morgan fingerprint density at radius 2 is 0.516 bits per heavy atom. The molecule has 0 amide bonds. The molecule has 0 rings (SSSR count). The fourth-order valence-electron chi connectivity index (χ4n) is 7.40. The Labute approximate surface area is 733 Å². The van der Waals surface area contributed by atoms with E-state index in [9.17, 15) is 120 Å². The molecule has 0 fully saturated rings. The zero-order valence-electron chi connectivity index (χ0n) is 71.2. The lowest BCUT2D eigenvalue weighted by Gasteiger charge is -2.33. The molecule has 0 saturated carbocycles. The van der Waals surface area contributed by atoms with Crippen molar-refractivity contribution in [3.8, 4) is 0 Å². The Bertz CT molecular complexity index is 2690. The molecule has 0 aromatic carbocycles. The van der Waals surface area contributed by atoms with Crippen molar-refractivity contribution in [2.24, 2.45) is 44.3 Å². The predicted octanol–water partition coefficient (Wildman–Crippen LogP) is 27.1. The Morgan fingerprint density at radius 1 is 0.287 bits per heavy atom. The number of aliphatic hydroxyl groups is 6. The fraction of sp³-hybridized carbons (Fsp3) is 0.933. The monoisotopic (exact) mass is 1830 g/mol. The first-order valence-electron chi connectivity index (χ1n) is 37.2. The van der Waals surface area contributed by atoms with E-state index in [0.717, 1.165) is 6.42 Å². The standard InChI is InChI=1S/C15H27F3O3.C14H25F3O3.C13H23F3O3.C12H21F3O3.C12H24O3.C11H19F3O3.12CH4/c1-7-13(4,5)12(19)21-11(8-10(2)3)9-14(6,20)15(16,17)18;1-7-12(4,5)11(18)20-10(9(2)3)8-13(6,19)14(15,16)17;1-6-9(8-12(5,18)13(14,15)16)19-10(17)11(3,4)7-2;1-6-10(3,4)9(16)18-8(2)7-11(5,17)12(13,14)15;1-6-11(2,3)10(13)15-9-7-8-12(4,5)14;1-5-9(2,3)8(15)17-7-6-10(4,16)11(12,13)14;;;;;;;;;;;;/h10-11,20H,7-9H2,1-6H3;9-10,19H,7-8H2,1-6H3;9,18H,6-8H2,1-5H3;8,17H,6-7H2,1-5H3;14H,6-9H2,1-5H3;16H,5-7H2,1-4H3;12*1H4. The highest BCUT2D eigenvalue weighted by Crippen LogP contribution is 2.41. The minimum atomic E-state index is -4.76. The van der Waals surface area contributed by atoms with Crippen LogP contribution in [0.2, 0.25) is 0 Å². The molecule has 0 aromatic rings. The maximum atomic E-state index is 12.8. The van der Waals surface area contributed by atoms with Gasteiger partial charge in [0.15, 0.2) is 28.0 Å². The largest absolute Gasteiger partial charge is 0.465 e. The van der Waals surface area contributed by atoms with Gasteiger partial charge in [-0.3, -0.25) is 28.8 Å². The highest BCUT2D eigenvalue weighted by atomic mass is 19.4. The van der Waals surface area contributed by atoms with Crippen molar-refractivity contribution in [3.05, 3.63) is 0 Å². The molecule has 122 heavy (non-hydrogen) atoms. The third-order valence-electron chi connectivity index (χ3n) is 19.2. The van der Waals surface area contributed by atoms with Gasteiger partial charge < -0.3 is 59.1 Å². The van der Waals surface area contributed by atoms with Gasteiger partial charge in [-0.1, -0.05) is 165 Å². The van der Waals surface area contributed by atoms with Crippen LogP contribution in [-0.2, 0) is 57.2 Å². The van der Waals surface area contributed by atoms with Crippen LogP contribution in [0.3, 0.4) is 0 Å². The molecular formula is C89H187F15O18. The first-order valence-corrected chi connectivity index (χ1v) is 37.2. The van der Waals surface area contributed by atoms with Gasteiger partial charge in [-0.05, 0) is 215 Å². The average Bonchev–Trinajstić information content (AvgIpc) is 0.841. The van der Waals surface area contributed by atoms with Gasteiger partial charge in [0, 0.05) is 32.1 Å². The number of ether oxygens (including phenoxy) is 6. The van der Waals surface area contributed by atoms with E-state index >= 15 is 0 Å². The fourth-order valence-corrected chi connectivity index (χ4v) is 7.40. The van der Waals surface area contributed by atoms with E-state index in [4.69, 9.17) is 33.5 Å². The van der Waals surface area contributed by atoms with Crippen LogP contribution in [0.15, 0.2) is 0 Å². The summed E-state index contributed by atoms with van der Waals surface area (Å²) >= 11 is 0. The smallest absolute Gasteiger partial charge is 0.417 e. The van der Waals surface area contributed by atoms with Crippen LogP contribution in [0.25, 0.3) is 0 Å². The van der Waals surface area contributed by atoms with Gasteiger partial charge in [0.1, 0.15) is 24.4 Å². The van der Waals surface area contributed by atoms with Gasteiger partial charge in [0.05, 0.1) is 51.3 Å². The van der Waals surface area contributed by atoms with E-state index in [1.54, 1.807) is 132 Å². The van der Waals surface area contributed by atoms with Crippen molar-refractivity contribution in [2.45, 2.75) is 489 Å². The van der Waals surface area contributed by atoms with Gasteiger partial charge in [-0.2, -0.15) is 65.9 Å². The number of carbonyl (C=O) groups is 6. The predicted molar refractivity (Wildman–Crippen MR) is 469 cm³/mol. The molecule has 756 valence electrons. The molecule has 6 N–H and O–H groups in total. The molecule has 0 bridgehead atoms. The van der Waals surface area contributed by atoms with E-state index in [1.807, 2.05) is 41.5 Å². The molecule has 0 aliphatic rings. The van der Waals surface area contributed by atoms with E-state index in [0.29, 0.717) is 86.2 Å². The van der Waals surface area contributed by atoms with Gasteiger partial charge in [0.25, 0.3) is 0 Å². The second kappa shape index (κ2) is 63.5. The highest BCUT2D eigenvalue weighted by Gasteiger charge is 2.55. The van der Waals surface area contributed by atoms with Crippen LogP contribution < -0.4 is 0 Å². The molecular weight excluding hydrogens is 1640 g/mol. The number of hydrogen-bond acceptors (Lipinski definition) is 18. The molecule has 33 heteroatoms. The normalized spacial score (nSPS) is 15.2. The number of hydrogen-bond donors (Lipinski definition) is 6. The van der Waals surface area contributed by atoms with Crippen molar-refractivity contribution in [2.75, 3.05) is 13.2 Å². The summed E-state index contributed by atoms with van der Waals surface area (Å²) in [6.07, 6.45) is -25.7. The van der Waals surface area contributed by atoms with Crippen LogP contribution in [0.4, 0.5) is 65.9 Å². The summed E-state index contributed by atoms with van der Waals surface area (Å²) in [5.41, 5.74) is -19.1. The van der Waals surface area contributed by atoms with Crippen LogP contribution in [0, 0.1) is 44.3 Å². The molecule has 9 atom stereocenters. The van der Waals surface area contributed by atoms with Crippen LogP contribution in [-0.4, -0.2) is 169 Å². The zero-order chi connectivity index (χ0) is 89.7. The lowest BCUT2D eigenvalue weighted by atomic mass is 9.89. The van der Waals surface area contributed by atoms with Crippen LogP contribution in [0.5, 0.6) is 0 Å². The first-order chi connectivity index (χ1) is 48.3. The number of carbonyl (C=O) groups excluding carboxylic acids is 6. The summed E-state index contributed by atoms with van der Waals surface area (Å²) in [6.45, 7) is 48.2. The summed E-state index contributed by atoms with van der Waals surface area (Å²) in [7, 11) is 0. The van der Waals surface area contributed by atoms with Gasteiger partial charge >= 0.3 is 66.7 Å². The Hall–Kier alpha value is -4.47. The molecule has 0 spiro atoms. The van der Waals surface area contributed by atoms with Crippen molar-refractivity contribution in [1.82, 2.24) is 0 Å². The maximum Gasteiger partial charge on any atom is 0.417 e. The molecule has 9 unspecified atom stereocenters. The van der Waals surface area contributed by atoms with Crippen molar-refractivity contribution >= 4 is 35.8 Å². The minimum absolute atomic E-state index is 0. The summed E-state index contributed by atoms with van der Waals surface area (Å²) in [5.74, 6) is -3.16. The molecule has 0 aromatic heterocycles. The van der Waals surface area contributed by atoms with Crippen molar-refractivity contribution in [3.63, 3.8) is 0 Å². The molecule has 0 aliphatic carbocycles. The highest BCUT2D eigenvalue weighted by molar-refractivity contribution is 5.78. The Kier molecular flexibility index (Phi) is 83.8. The molecule has 0 aliphatic heterocycles. The van der Waals surface area contributed by atoms with Crippen LogP contribution in [0.1, 0.15) is 400 Å². The topological polar surface area (TPSA) is 279 Å². The SMILES string of the molecule is C.C.C.C.C.C.C.C.C.C.C.C.CCC(C)(C)C(=O)OC(C)CC(C)(O)C(F)(F)F.CCC(C)(C)C(=O)OC(CC(C)(O)C(F)(F)F)C(C)C.CCC(C)(C)C(=O)OC(CC(C)C)CC(C)(O)C(F)(F)F.CCC(C)(C)C(=O)OCCC(C)(O)C(F)(F)F.CCC(C)(C)C(=O)OCCCC(C)(C)O.CCC(CC(C)(O)C(F)(F)F)OC(=O)C(C)(C)CC. The lowest BCUT2D eigenvalue weighted by molar-refractivity contribution is -0.263. The number of alkyl halides is 15. The maximum absolute atomic E-state index is 12.8. The molecule has 0 heterocycles. The Morgan fingerprint density at radius 3 is 0.762 bits per heavy atom. The summed E-state index contributed by atoms with van der Waals surface area (Å²) < 4.78 is 219. The quantitative estimate of drug-likeness (QED) is 0.0149. The molecule has 0 radical (unpaired) electrons. The number of halogens is 15. The van der Waals surface area contributed by atoms with Gasteiger partial charge in [-0.15, -0.1) is 0 Å². The second-order valence-electron chi connectivity index (χ2n) is 34.5. The van der Waals surface area contributed by atoms with E-state index < -0.39 is 190 Å². The van der Waals surface area contributed by atoms with Gasteiger partial charge in [0.2, 0.25) is 0 Å². The van der Waals surface area contributed by atoms with E-state index in [1.165, 1.54) is 6.92 Å². The number of rotatable bonds is 35. The summed E-state index contributed by atoms with van der Waals surface area (Å²) in [4.78, 5) is 70.5. The van der Waals surface area contributed by atoms with E-state index in [-0.39, 0.29) is 120 Å². The van der Waals surface area contributed by atoms with Gasteiger partial charge in [-0.25, -0.2) is 0 Å². The average molecular weight is 1830 g/mol. The number of esters is 6. The summed E-state index contributed by atoms with van der Waals surface area (Å²) in [5, 5.41) is 56.4. The Balaban J connectivity index is -0.0000000654. The second-order valence-corrected chi connectivity index (χ2v) is 34.5. The van der Waals surface area contributed by atoms with E-state index in [2.05, 4.69) is 0 Å². The third-order valence-corrected chi connectivity index (χ3v) is 19.2.